The molecular formula is C22H19Cl2N5O2. The van der Waals surface area contributed by atoms with Crippen LogP contribution in [0.2, 0.25) is 0 Å². The summed E-state index contributed by atoms with van der Waals surface area (Å²) in [6, 6.07) is 12.1. The average Bonchev–Trinajstić information content (AvgIpc) is 3.13. The molecule has 31 heavy (non-hydrogen) atoms. The lowest BCUT2D eigenvalue weighted by atomic mass is 10.0. The monoisotopic (exact) mass is 455 g/mol. The lowest BCUT2D eigenvalue weighted by Gasteiger charge is -2.17. The van der Waals surface area contributed by atoms with E-state index >= 15 is 0 Å². The van der Waals surface area contributed by atoms with E-state index in [0.717, 1.165) is 16.5 Å². The number of rotatable bonds is 5. The molecule has 1 atom stereocenters. The Balaban J connectivity index is 1.49. The molecule has 0 saturated carbocycles. The maximum atomic E-state index is 12.2. The third kappa shape index (κ3) is 4.73. The van der Waals surface area contributed by atoms with Gasteiger partial charge in [-0.15, -0.1) is 0 Å². The fourth-order valence-corrected chi connectivity index (χ4v) is 4.09. The fraction of sp³-hybridized carbons (Fsp3) is 0.136. The smallest absolute Gasteiger partial charge is 0.271 e. The molecule has 4 rings (SSSR count). The molecule has 0 radical (unpaired) electrons. The van der Waals surface area contributed by atoms with Crippen molar-refractivity contribution in [3.05, 3.63) is 71.0 Å². The van der Waals surface area contributed by atoms with Gasteiger partial charge < -0.3 is 15.4 Å². The summed E-state index contributed by atoms with van der Waals surface area (Å²) in [6.45, 7) is 0.713. The van der Waals surface area contributed by atoms with Gasteiger partial charge in [-0.25, -0.2) is 10.4 Å². The summed E-state index contributed by atoms with van der Waals surface area (Å²) in [6.07, 6.45) is 6.15. The number of carbonyl (C=O) groups excluding carboxylic acids is 1. The highest BCUT2D eigenvalue weighted by Gasteiger charge is 2.16. The fourth-order valence-electron chi connectivity index (χ4n) is 3.48. The quantitative estimate of drug-likeness (QED) is 0.174. The van der Waals surface area contributed by atoms with Crippen LogP contribution in [0.3, 0.4) is 0 Å². The number of hydrogen-bond donors (Lipinski definition) is 3. The van der Waals surface area contributed by atoms with Gasteiger partial charge in [0.05, 0.1) is 11.9 Å². The van der Waals surface area contributed by atoms with Crippen molar-refractivity contribution in [2.45, 2.75) is 13.0 Å². The van der Waals surface area contributed by atoms with Crippen molar-refractivity contribution in [2.24, 2.45) is 16.0 Å². The first kappa shape index (κ1) is 21.0. The average molecular weight is 456 g/mol. The number of halogens is 2. The molecule has 4 N–H and O–H groups in total. The predicted octanol–water partition coefficient (Wildman–Crippen LogP) is 4.43. The molecule has 1 aliphatic rings. The van der Waals surface area contributed by atoms with Crippen LogP contribution in [0.1, 0.15) is 22.3 Å². The number of phenols is 1. The summed E-state index contributed by atoms with van der Waals surface area (Å²) >= 11 is 12.1. The predicted molar refractivity (Wildman–Crippen MR) is 125 cm³/mol. The van der Waals surface area contributed by atoms with Gasteiger partial charge in [0, 0.05) is 47.1 Å². The molecule has 2 heterocycles. The number of anilines is 1. The first-order valence-corrected chi connectivity index (χ1v) is 10.3. The molecule has 9 heteroatoms. The van der Waals surface area contributed by atoms with Gasteiger partial charge in [-0.1, -0.05) is 35.3 Å². The van der Waals surface area contributed by atoms with Crippen LogP contribution in [0.4, 0.5) is 5.69 Å². The number of phenolic OH excluding ortho intramolecular Hbond substituents is 1. The van der Waals surface area contributed by atoms with Crippen molar-refractivity contribution in [3.63, 3.8) is 0 Å². The summed E-state index contributed by atoms with van der Waals surface area (Å²) < 4.78 is 2.13. The lowest BCUT2D eigenvalue weighted by molar-refractivity contribution is 0.0955. The number of aromatic nitrogens is 1. The highest BCUT2D eigenvalue weighted by Crippen LogP contribution is 2.26. The van der Waals surface area contributed by atoms with E-state index in [1.54, 1.807) is 6.21 Å². The Morgan fingerprint density at radius 2 is 2.16 bits per heavy atom. The van der Waals surface area contributed by atoms with E-state index in [9.17, 15) is 9.90 Å². The zero-order chi connectivity index (χ0) is 22.0. The summed E-state index contributed by atoms with van der Waals surface area (Å²) in [5.74, 6) is -0.341. The Bertz CT molecular complexity index is 1250. The van der Waals surface area contributed by atoms with E-state index < -0.39 is 5.91 Å². The number of aliphatic imine (C=N–C) groups is 1. The number of fused-ring (bicyclic) bond motifs is 1. The molecule has 0 bridgehead atoms. The minimum Gasteiger partial charge on any atom is -0.506 e. The first-order valence-electron chi connectivity index (χ1n) is 9.51. The largest absolute Gasteiger partial charge is 0.506 e. The van der Waals surface area contributed by atoms with E-state index in [1.165, 1.54) is 18.2 Å². The minimum atomic E-state index is -0.424. The second kappa shape index (κ2) is 8.83. The number of nitrogens with zero attached hydrogens (tertiary/aromatic N) is 3. The summed E-state index contributed by atoms with van der Waals surface area (Å²) in [7, 11) is 0. The number of amides is 1. The number of nitrogen functional groups attached to an aromatic ring is 1. The van der Waals surface area contributed by atoms with Crippen LogP contribution in [0.15, 0.2) is 70.0 Å². The third-order valence-electron chi connectivity index (χ3n) is 4.97. The van der Waals surface area contributed by atoms with E-state index in [0.29, 0.717) is 28.9 Å². The highest BCUT2D eigenvalue weighted by molar-refractivity contribution is 6.66. The normalized spacial score (nSPS) is 16.4. The molecule has 7 nitrogen and oxygen atoms in total. The van der Waals surface area contributed by atoms with Gasteiger partial charge >= 0.3 is 0 Å². The molecule has 1 aromatic heterocycles. The van der Waals surface area contributed by atoms with E-state index in [-0.39, 0.29) is 17.4 Å². The van der Waals surface area contributed by atoms with Crippen molar-refractivity contribution in [3.8, 4) is 5.75 Å². The molecule has 2 aromatic carbocycles. The van der Waals surface area contributed by atoms with Crippen molar-refractivity contribution in [1.82, 2.24) is 9.99 Å². The molecule has 0 saturated heterocycles. The zero-order valence-corrected chi connectivity index (χ0v) is 17.8. The molecule has 1 amide bonds. The number of allylic oxidation sites excluding steroid dienone is 1. The topological polar surface area (TPSA) is 105 Å². The van der Waals surface area contributed by atoms with Crippen LogP contribution in [0, 0.1) is 5.92 Å². The van der Waals surface area contributed by atoms with Crippen LogP contribution in [0.25, 0.3) is 10.9 Å². The van der Waals surface area contributed by atoms with Crippen molar-refractivity contribution < 1.29 is 9.90 Å². The maximum absolute atomic E-state index is 12.2. The van der Waals surface area contributed by atoms with E-state index in [1.807, 2.05) is 36.5 Å². The molecule has 0 aliphatic carbocycles. The Hall–Kier alpha value is -3.29. The standard InChI is InChI=1S/C22H19Cl2N5O2/c23-20-8-13(9-21(24)27-20)12-29-7-6-16-15(2-1-3-18(16)29)11-26-28-22(31)14-4-5-19(30)17(25)10-14/h1-8,10-11,13,30H,9,12,25H2,(H,28,31)/b26-11+. The summed E-state index contributed by atoms with van der Waals surface area (Å²) in [4.78, 5) is 16.3. The molecule has 3 aromatic rings. The van der Waals surface area contributed by atoms with Crippen LogP contribution >= 0.6 is 23.2 Å². The van der Waals surface area contributed by atoms with E-state index in [4.69, 9.17) is 28.9 Å². The van der Waals surface area contributed by atoms with Crippen molar-refractivity contribution in [2.75, 3.05) is 5.73 Å². The minimum absolute atomic E-state index is 0.0724. The van der Waals surface area contributed by atoms with Crippen LogP contribution < -0.4 is 11.2 Å². The molecular weight excluding hydrogens is 437 g/mol. The van der Waals surface area contributed by atoms with Gasteiger partial charge in [-0.3, -0.25) is 4.79 Å². The van der Waals surface area contributed by atoms with Crippen LogP contribution in [0.5, 0.6) is 5.75 Å². The number of benzene rings is 2. The number of nitrogens with one attached hydrogen (secondary N) is 1. The Labute approximate surface area is 188 Å². The molecule has 1 aliphatic heterocycles. The second-order valence-electron chi connectivity index (χ2n) is 7.16. The van der Waals surface area contributed by atoms with Gasteiger partial charge in [-0.2, -0.15) is 5.10 Å². The van der Waals surface area contributed by atoms with Crippen molar-refractivity contribution in [1.29, 1.82) is 0 Å². The van der Waals surface area contributed by atoms with Gasteiger partial charge in [0.1, 0.15) is 16.1 Å². The summed E-state index contributed by atoms with van der Waals surface area (Å²) in [5.41, 5.74) is 10.4. The SMILES string of the molecule is Nc1cc(C(=O)N/N=C/c2cccc3c2ccn3CC2C=C(Cl)N=C(Cl)C2)ccc1O. The number of hydrazone groups is 1. The molecule has 158 valence electrons. The van der Waals surface area contributed by atoms with Gasteiger partial charge in [0.25, 0.3) is 5.91 Å². The van der Waals surface area contributed by atoms with Gasteiger partial charge in [0.2, 0.25) is 0 Å². The molecule has 1 unspecified atom stereocenters. The molecule has 0 fully saturated rings. The second-order valence-corrected chi connectivity index (χ2v) is 7.99. The van der Waals surface area contributed by atoms with Crippen LogP contribution in [-0.2, 0) is 6.54 Å². The number of carbonyl (C=O) groups is 1. The summed E-state index contributed by atoms with van der Waals surface area (Å²) in [5, 5.41) is 15.5. The number of hydrogen-bond acceptors (Lipinski definition) is 5. The van der Waals surface area contributed by atoms with Gasteiger partial charge in [-0.05, 0) is 36.4 Å². The number of nitrogens with two attached hydrogens (primary N) is 1. The van der Waals surface area contributed by atoms with Crippen LogP contribution in [-0.4, -0.2) is 27.0 Å². The van der Waals surface area contributed by atoms with E-state index in [2.05, 4.69) is 20.1 Å². The third-order valence-corrected chi connectivity index (χ3v) is 5.42. The van der Waals surface area contributed by atoms with Crippen molar-refractivity contribution >= 4 is 57.1 Å². The lowest BCUT2D eigenvalue weighted by Crippen LogP contribution is -2.17. The Morgan fingerprint density at radius 1 is 1.32 bits per heavy atom. The Kier molecular flexibility index (Phi) is 5.97. The Morgan fingerprint density at radius 3 is 2.94 bits per heavy atom. The highest BCUT2D eigenvalue weighted by atomic mass is 35.5. The first-order chi connectivity index (χ1) is 14.9. The maximum Gasteiger partial charge on any atom is 0.271 e. The molecule has 0 spiro atoms. The zero-order valence-electron chi connectivity index (χ0n) is 16.3. The number of aromatic hydroxyl groups is 1. The van der Waals surface area contributed by atoms with Gasteiger partial charge in [0.15, 0.2) is 0 Å².